The summed E-state index contributed by atoms with van der Waals surface area (Å²) in [6.45, 7) is 0. The van der Waals surface area contributed by atoms with Crippen molar-refractivity contribution in [3.8, 4) is 0 Å². The Kier molecular flexibility index (Phi) is 3.04. The van der Waals surface area contributed by atoms with E-state index < -0.39 is 0 Å². The molecule has 0 aliphatic carbocycles. The highest BCUT2D eigenvalue weighted by molar-refractivity contribution is 6.28. The van der Waals surface area contributed by atoms with Crippen LogP contribution < -0.4 is 0 Å². The SMILES string of the molecule is ClCC(Cl)c1cc[c]cc1. The van der Waals surface area contributed by atoms with Crippen LogP contribution in [-0.2, 0) is 0 Å². The molecule has 1 rings (SSSR count). The molecule has 1 radical (unpaired) electrons. The zero-order valence-corrected chi connectivity index (χ0v) is 6.86. The highest BCUT2D eigenvalue weighted by atomic mass is 35.5. The van der Waals surface area contributed by atoms with E-state index in [4.69, 9.17) is 23.2 Å². The number of benzene rings is 1. The van der Waals surface area contributed by atoms with Gasteiger partial charge in [0.05, 0.1) is 5.38 Å². The van der Waals surface area contributed by atoms with E-state index in [0.717, 1.165) is 5.56 Å². The van der Waals surface area contributed by atoms with E-state index in [1.165, 1.54) is 0 Å². The number of hydrogen-bond acceptors (Lipinski definition) is 0. The molecule has 1 aromatic carbocycles. The van der Waals surface area contributed by atoms with Gasteiger partial charge in [0.2, 0.25) is 0 Å². The van der Waals surface area contributed by atoms with Gasteiger partial charge in [-0.2, -0.15) is 0 Å². The summed E-state index contributed by atoms with van der Waals surface area (Å²) < 4.78 is 0. The fourth-order valence-electron chi connectivity index (χ4n) is 0.698. The van der Waals surface area contributed by atoms with Gasteiger partial charge in [-0.3, -0.25) is 0 Å². The van der Waals surface area contributed by atoms with Crippen molar-refractivity contribution in [3.05, 3.63) is 35.9 Å². The molecule has 0 bridgehead atoms. The highest BCUT2D eigenvalue weighted by Crippen LogP contribution is 2.20. The van der Waals surface area contributed by atoms with E-state index in [0.29, 0.717) is 5.88 Å². The van der Waals surface area contributed by atoms with Crippen LogP contribution in [0.4, 0.5) is 0 Å². The molecule has 0 aliphatic rings. The predicted octanol–water partition coefficient (Wildman–Crippen LogP) is 3.01. The van der Waals surface area contributed by atoms with E-state index in [-0.39, 0.29) is 5.38 Å². The smallest absolute Gasteiger partial charge is 0.0720 e. The van der Waals surface area contributed by atoms with Crippen molar-refractivity contribution < 1.29 is 0 Å². The number of hydrogen-bond donors (Lipinski definition) is 0. The first kappa shape index (κ1) is 7.90. The molecule has 0 N–H and O–H groups in total. The molecule has 1 aromatic rings. The first-order valence-corrected chi connectivity index (χ1v) is 3.97. The maximum atomic E-state index is 5.84. The van der Waals surface area contributed by atoms with Crippen molar-refractivity contribution in [3.63, 3.8) is 0 Å². The Morgan fingerprint density at radius 3 is 2.50 bits per heavy atom. The number of rotatable bonds is 2. The lowest BCUT2D eigenvalue weighted by molar-refractivity contribution is 1.09. The Balaban J connectivity index is 2.75. The summed E-state index contributed by atoms with van der Waals surface area (Å²) in [6, 6.07) is 10.4. The molecule has 0 aliphatic heterocycles. The Morgan fingerprint density at radius 1 is 1.40 bits per heavy atom. The van der Waals surface area contributed by atoms with Gasteiger partial charge in [-0.25, -0.2) is 0 Å². The summed E-state index contributed by atoms with van der Waals surface area (Å²) in [5.74, 6) is 0.450. The van der Waals surface area contributed by atoms with Crippen molar-refractivity contribution in [1.82, 2.24) is 0 Å². The summed E-state index contributed by atoms with van der Waals surface area (Å²) >= 11 is 11.4. The van der Waals surface area contributed by atoms with Crippen LogP contribution in [-0.4, -0.2) is 5.88 Å². The van der Waals surface area contributed by atoms with Crippen molar-refractivity contribution in [1.29, 1.82) is 0 Å². The summed E-state index contributed by atoms with van der Waals surface area (Å²) in [4.78, 5) is 0. The third-order valence-corrected chi connectivity index (χ3v) is 2.11. The zero-order valence-electron chi connectivity index (χ0n) is 5.35. The first-order chi connectivity index (χ1) is 4.84. The lowest BCUT2D eigenvalue weighted by Gasteiger charge is -2.02. The van der Waals surface area contributed by atoms with Gasteiger partial charge in [-0.15, -0.1) is 23.2 Å². The van der Waals surface area contributed by atoms with Gasteiger partial charge in [-0.05, 0) is 11.6 Å². The van der Waals surface area contributed by atoms with Crippen molar-refractivity contribution in [2.24, 2.45) is 0 Å². The van der Waals surface area contributed by atoms with Crippen LogP contribution in [0.2, 0.25) is 0 Å². The van der Waals surface area contributed by atoms with E-state index in [1.54, 1.807) is 0 Å². The van der Waals surface area contributed by atoms with Gasteiger partial charge in [0, 0.05) is 5.88 Å². The maximum Gasteiger partial charge on any atom is 0.0720 e. The van der Waals surface area contributed by atoms with Gasteiger partial charge in [-0.1, -0.05) is 24.3 Å². The Labute approximate surface area is 70.8 Å². The topological polar surface area (TPSA) is 0 Å². The minimum Gasteiger partial charge on any atom is -0.125 e. The van der Waals surface area contributed by atoms with Gasteiger partial charge in [0.15, 0.2) is 0 Å². The Bertz CT molecular complexity index is 184. The fraction of sp³-hybridized carbons (Fsp3) is 0.250. The first-order valence-electron chi connectivity index (χ1n) is 3.00. The second-order valence-corrected chi connectivity index (χ2v) is 2.79. The molecule has 0 heterocycles. The highest BCUT2D eigenvalue weighted by Gasteiger charge is 2.03. The molecule has 0 amide bonds. The van der Waals surface area contributed by atoms with Crippen molar-refractivity contribution >= 4 is 23.2 Å². The monoisotopic (exact) mass is 173 g/mol. The van der Waals surface area contributed by atoms with Crippen LogP contribution in [0.15, 0.2) is 24.3 Å². The van der Waals surface area contributed by atoms with Gasteiger partial charge in [0.1, 0.15) is 0 Å². The maximum absolute atomic E-state index is 5.84. The van der Waals surface area contributed by atoms with Crippen molar-refractivity contribution in [2.45, 2.75) is 5.38 Å². The lowest BCUT2D eigenvalue weighted by Crippen LogP contribution is -1.89. The van der Waals surface area contributed by atoms with Gasteiger partial charge >= 0.3 is 0 Å². The zero-order chi connectivity index (χ0) is 7.40. The molecule has 53 valence electrons. The molecule has 1 atom stereocenters. The molecular weight excluding hydrogens is 167 g/mol. The van der Waals surface area contributed by atoms with E-state index >= 15 is 0 Å². The van der Waals surface area contributed by atoms with Crippen LogP contribution in [0.3, 0.4) is 0 Å². The predicted molar refractivity (Wildman–Crippen MR) is 44.6 cm³/mol. The third-order valence-electron chi connectivity index (χ3n) is 1.24. The molecule has 10 heavy (non-hydrogen) atoms. The molecule has 0 aromatic heterocycles. The van der Waals surface area contributed by atoms with Gasteiger partial charge in [0.25, 0.3) is 0 Å². The largest absolute Gasteiger partial charge is 0.125 e. The molecular formula is C8H7Cl2. The normalized spacial score (nSPS) is 13.0. The van der Waals surface area contributed by atoms with Crippen LogP contribution in [0, 0.1) is 6.07 Å². The Hall–Kier alpha value is -0.200. The molecule has 0 saturated carbocycles. The van der Waals surface area contributed by atoms with E-state index in [2.05, 4.69) is 6.07 Å². The van der Waals surface area contributed by atoms with Crippen LogP contribution in [0.1, 0.15) is 10.9 Å². The summed E-state index contributed by atoms with van der Waals surface area (Å²) in [5.41, 5.74) is 1.05. The summed E-state index contributed by atoms with van der Waals surface area (Å²) in [7, 11) is 0. The van der Waals surface area contributed by atoms with Crippen LogP contribution >= 0.6 is 23.2 Å². The molecule has 0 nitrogen and oxygen atoms in total. The van der Waals surface area contributed by atoms with Gasteiger partial charge < -0.3 is 0 Å². The molecule has 0 fully saturated rings. The lowest BCUT2D eigenvalue weighted by atomic mass is 10.2. The van der Waals surface area contributed by atoms with Crippen molar-refractivity contribution in [2.75, 3.05) is 5.88 Å². The molecule has 1 unspecified atom stereocenters. The molecule has 0 spiro atoms. The minimum atomic E-state index is -0.0729. The molecule has 2 heteroatoms. The Morgan fingerprint density at radius 2 is 2.00 bits per heavy atom. The minimum absolute atomic E-state index is 0.0729. The van der Waals surface area contributed by atoms with Crippen LogP contribution in [0.25, 0.3) is 0 Å². The second kappa shape index (κ2) is 3.85. The fourth-order valence-corrected chi connectivity index (χ4v) is 1.02. The quantitative estimate of drug-likeness (QED) is 0.604. The summed E-state index contributed by atoms with van der Waals surface area (Å²) in [5, 5.41) is -0.0729. The third kappa shape index (κ3) is 1.89. The molecule has 0 saturated heterocycles. The van der Waals surface area contributed by atoms with Crippen LogP contribution in [0.5, 0.6) is 0 Å². The second-order valence-electron chi connectivity index (χ2n) is 1.96. The number of alkyl halides is 2. The average Bonchev–Trinajstić information content (AvgIpc) is 2.05. The standard InChI is InChI=1S/C8H7Cl2/c9-6-8(10)7-4-2-1-3-5-7/h2-5,8H,6H2. The van der Waals surface area contributed by atoms with E-state index in [1.807, 2.05) is 24.3 Å². The average molecular weight is 174 g/mol. The number of halogens is 2. The van der Waals surface area contributed by atoms with E-state index in [9.17, 15) is 0 Å². The summed E-state index contributed by atoms with van der Waals surface area (Å²) in [6.07, 6.45) is 0.